The van der Waals surface area contributed by atoms with E-state index in [2.05, 4.69) is 41.6 Å². The molecule has 0 bridgehead atoms. The zero-order valence-electron chi connectivity index (χ0n) is 10.3. The third kappa shape index (κ3) is 3.12. The first-order valence-electron chi connectivity index (χ1n) is 5.38. The van der Waals surface area contributed by atoms with Gasteiger partial charge >= 0.3 is 0 Å². The Hall–Kier alpha value is -2.42. The number of benzene rings is 1. The molecule has 0 aliphatic carbocycles. The van der Waals surface area contributed by atoms with E-state index in [0.29, 0.717) is 15.8 Å². The fourth-order valence-corrected chi connectivity index (χ4v) is 1.78. The molecule has 0 fully saturated rings. The van der Waals surface area contributed by atoms with Gasteiger partial charge in [0.05, 0.1) is 17.8 Å². The van der Waals surface area contributed by atoms with E-state index in [9.17, 15) is 9.90 Å². The number of nitrogens with one attached hydrogen (secondary N) is 2. The highest BCUT2D eigenvalue weighted by Gasteiger charge is 2.09. The molecule has 0 saturated heterocycles. The van der Waals surface area contributed by atoms with Gasteiger partial charge in [0, 0.05) is 5.56 Å². The number of aromatic nitrogens is 3. The number of H-pyrrole nitrogens is 1. The lowest BCUT2D eigenvalue weighted by molar-refractivity contribution is 0.372. The van der Waals surface area contributed by atoms with Crippen molar-refractivity contribution in [3.8, 4) is 11.5 Å². The van der Waals surface area contributed by atoms with Gasteiger partial charge in [-0.3, -0.25) is 9.78 Å². The topological polar surface area (TPSA) is 112 Å². The van der Waals surface area contributed by atoms with Crippen LogP contribution in [0.1, 0.15) is 5.56 Å². The Kier molecular flexibility index (Phi) is 4.31. The van der Waals surface area contributed by atoms with Crippen LogP contribution in [0.15, 0.2) is 32.7 Å². The minimum absolute atomic E-state index is 0.0237. The van der Waals surface area contributed by atoms with Crippen LogP contribution in [-0.2, 0) is 0 Å². The van der Waals surface area contributed by atoms with Crippen molar-refractivity contribution in [1.29, 1.82) is 0 Å². The first-order valence-corrected chi connectivity index (χ1v) is 6.17. The van der Waals surface area contributed by atoms with Crippen LogP contribution in [-0.4, -0.2) is 33.6 Å². The minimum atomic E-state index is -0.388. The van der Waals surface area contributed by atoms with E-state index in [1.54, 1.807) is 12.1 Å². The third-order valence-electron chi connectivity index (χ3n) is 2.28. The fourth-order valence-electron chi connectivity index (χ4n) is 1.35. The number of aromatic hydroxyl groups is 1. The summed E-state index contributed by atoms with van der Waals surface area (Å²) in [5.41, 5.74) is 2.74. The molecular weight excluding hydrogens is 330 g/mol. The fraction of sp³-hybridized carbons (Fsp3) is 0.0909. The SMILES string of the molecule is COc1ccc(/C=N/Nc2nncc(=O)[nH]2)c(Br)c1O. The molecule has 0 aliphatic heterocycles. The van der Waals surface area contributed by atoms with Crippen molar-refractivity contribution < 1.29 is 9.84 Å². The Bertz CT molecular complexity index is 701. The Morgan fingerprint density at radius 1 is 1.55 bits per heavy atom. The highest BCUT2D eigenvalue weighted by Crippen LogP contribution is 2.35. The van der Waals surface area contributed by atoms with Gasteiger partial charge < -0.3 is 9.84 Å². The molecule has 0 saturated carbocycles. The van der Waals surface area contributed by atoms with Gasteiger partial charge in [-0.1, -0.05) is 0 Å². The highest BCUT2D eigenvalue weighted by atomic mass is 79.9. The van der Waals surface area contributed by atoms with Crippen LogP contribution in [0.3, 0.4) is 0 Å². The number of methoxy groups -OCH3 is 1. The Labute approximate surface area is 121 Å². The van der Waals surface area contributed by atoms with Crippen molar-refractivity contribution in [2.45, 2.75) is 0 Å². The van der Waals surface area contributed by atoms with Crippen molar-refractivity contribution in [3.63, 3.8) is 0 Å². The van der Waals surface area contributed by atoms with E-state index in [-0.39, 0.29) is 17.3 Å². The monoisotopic (exact) mass is 339 g/mol. The molecule has 0 unspecified atom stereocenters. The van der Waals surface area contributed by atoms with E-state index in [4.69, 9.17) is 4.74 Å². The number of phenolic OH excluding ortho intramolecular Hbond substituents is 1. The summed E-state index contributed by atoms with van der Waals surface area (Å²) in [5.74, 6) is 0.437. The molecule has 8 nitrogen and oxygen atoms in total. The molecule has 0 spiro atoms. The molecular formula is C11H10BrN5O3. The zero-order valence-corrected chi connectivity index (χ0v) is 11.9. The molecule has 2 rings (SSSR count). The van der Waals surface area contributed by atoms with E-state index >= 15 is 0 Å². The molecule has 104 valence electrons. The first kappa shape index (κ1) is 14.0. The van der Waals surface area contributed by atoms with E-state index in [1.165, 1.54) is 13.3 Å². The maximum Gasteiger partial charge on any atom is 0.271 e. The molecule has 0 atom stereocenters. The molecule has 0 amide bonds. The van der Waals surface area contributed by atoms with Crippen molar-refractivity contribution in [3.05, 3.63) is 38.7 Å². The summed E-state index contributed by atoms with van der Waals surface area (Å²) in [6, 6.07) is 3.30. The van der Waals surface area contributed by atoms with Crippen molar-refractivity contribution >= 4 is 28.1 Å². The second-order valence-corrected chi connectivity index (χ2v) is 4.37. The first-order chi connectivity index (χ1) is 9.61. The smallest absolute Gasteiger partial charge is 0.271 e. The van der Waals surface area contributed by atoms with Crippen LogP contribution in [0.5, 0.6) is 11.5 Å². The second-order valence-electron chi connectivity index (χ2n) is 3.57. The predicted octanol–water partition coefficient (Wildman–Crippen LogP) is 1.09. The van der Waals surface area contributed by atoms with Crippen molar-refractivity contribution in [2.24, 2.45) is 5.10 Å². The predicted molar refractivity (Wildman–Crippen MR) is 76.2 cm³/mol. The molecule has 0 radical (unpaired) electrons. The molecule has 1 heterocycles. The van der Waals surface area contributed by atoms with Gasteiger partial charge in [0.1, 0.15) is 6.20 Å². The van der Waals surface area contributed by atoms with Crippen LogP contribution in [0, 0.1) is 0 Å². The Morgan fingerprint density at radius 3 is 3.05 bits per heavy atom. The van der Waals surface area contributed by atoms with Gasteiger partial charge in [0.15, 0.2) is 11.5 Å². The number of hydrogen-bond acceptors (Lipinski definition) is 7. The lowest BCUT2D eigenvalue weighted by atomic mass is 10.2. The third-order valence-corrected chi connectivity index (χ3v) is 3.11. The second kappa shape index (κ2) is 6.15. The summed E-state index contributed by atoms with van der Waals surface area (Å²) in [4.78, 5) is 13.4. The van der Waals surface area contributed by atoms with Gasteiger partial charge in [-0.25, -0.2) is 5.43 Å². The standard InChI is InChI=1S/C11H10BrN5O3/c1-20-7-3-2-6(9(12)10(7)19)4-13-16-11-15-8(18)5-14-17-11/h2-5,19H,1H3,(H2,15,16,17,18)/b13-4+. The summed E-state index contributed by atoms with van der Waals surface area (Å²) in [6.45, 7) is 0. The molecule has 20 heavy (non-hydrogen) atoms. The lowest BCUT2D eigenvalue weighted by Gasteiger charge is -2.06. The van der Waals surface area contributed by atoms with Crippen LogP contribution in [0.2, 0.25) is 0 Å². The number of nitrogens with zero attached hydrogens (tertiary/aromatic N) is 3. The van der Waals surface area contributed by atoms with Crippen molar-refractivity contribution in [2.75, 3.05) is 12.5 Å². The molecule has 1 aromatic carbocycles. The van der Waals surface area contributed by atoms with Gasteiger partial charge in [0.25, 0.3) is 5.56 Å². The molecule has 9 heteroatoms. The maximum absolute atomic E-state index is 11.0. The summed E-state index contributed by atoms with van der Waals surface area (Å²) in [7, 11) is 1.46. The minimum Gasteiger partial charge on any atom is -0.503 e. The number of phenols is 1. The number of anilines is 1. The van der Waals surface area contributed by atoms with Gasteiger partial charge in [-0.2, -0.15) is 5.10 Å². The average Bonchev–Trinajstić information content (AvgIpc) is 2.44. The number of ether oxygens (including phenoxy) is 1. The summed E-state index contributed by atoms with van der Waals surface area (Å²) < 4.78 is 5.41. The largest absolute Gasteiger partial charge is 0.503 e. The van der Waals surface area contributed by atoms with Gasteiger partial charge in [-0.05, 0) is 28.1 Å². The van der Waals surface area contributed by atoms with Crippen LogP contribution in [0.25, 0.3) is 0 Å². The molecule has 3 N–H and O–H groups in total. The molecule has 1 aromatic heterocycles. The van der Waals surface area contributed by atoms with E-state index < -0.39 is 0 Å². The number of rotatable bonds is 4. The van der Waals surface area contributed by atoms with Crippen LogP contribution >= 0.6 is 15.9 Å². The normalized spacial score (nSPS) is 10.7. The van der Waals surface area contributed by atoms with Gasteiger partial charge in [-0.15, -0.1) is 10.2 Å². The maximum atomic E-state index is 11.0. The van der Waals surface area contributed by atoms with Crippen LogP contribution in [0.4, 0.5) is 5.95 Å². The number of hydrogen-bond donors (Lipinski definition) is 3. The number of aromatic amines is 1. The van der Waals surface area contributed by atoms with Crippen molar-refractivity contribution in [1.82, 2.24) is 15.2 Å². The lowest BCUT2D eigenvalue weighted by Crippen LogP contribution is -2.10. The Morgan fingerprint density at radius 2 is 2.35 bits per heavy atom. The van der Waals surface area contributed by atoms with Crippen LogP contribution < -0.4 is 15.7 Å². The molecule has 0 aliphatic rings. The Balaban J connectivity index is 2.16. The highest BCUT2D eigenvalue weighted by molar-refractivity contribution is 9.10. The van der Waals surface area contributed by atoms with E-state index in [0.717, 1.165) is 6.20 Å². The summed E-state index contributed by atoms with van der Waals surface area (Å²) in [5, 5.41) is 20.8. The molecule has 2 aromatic rings. The van der Waals surface area contributed by atoms with Gasteiger partial charge in [0.2, 0.25) is 5.95 Å². The quantitative estimate of drug-likeness (QED) is 0.567. The summed E-state index contributed by atoms with van der Waals surface area (Å²) in [6.07, 6.45) is 2.49. The number of halogens is 1. The van der Waals surface area contributed by atoms with E-state index in [1.807, 2.05) is 0 Å². The summed E-state index contributed by atoms with van der Waals surface area (Å²) >= 11 is 3.24. The average molecular weight is 340 g/mol. The number of hydrazone groups is 1. The zero-order chi connectivity index (χ0) is 14.5.